The van der Waals surface area contributed by atoms with Gasteiger partial charge in [0.2, 0.25) is 5.95 Å². The number of hydrogen-bond acceptors (Lipinski definition) is 6. The zero-order chi connectivity index (χ0) is 22.5. The van der Waals surface area contributed by atoms with Gasteiger partial charge in [-0.15, -0.1) is 0 Å². The fourth-order valence-electron chi connectivity index (χ4n) is 4.47. The molecule has 0 radical (unpaired) electrons. The number of benzene rings is 1. The van der Waals surface area contributed by atoms with Crippen LogP contribution < -0.4 is 5.32 Å². The van der Waals surface area contributed by atoms with E-state index in [2.05, 4.69) is 25.5 Å². The van der Waals surface area contributed by atoms with E-state index in [1.165, 1.54) is 35.4 Å². The van der Waals surface area contributed by atoms with E-state index in [1.54, 1.807) is 4.90 Å². The Kier molecular flexibility index (Phi) is 4.79. The monoisotopic (exact) mass is 447 g/mol. The zero-order valence-electron chi connectivity index (χ0n) is 16.5. The maximum atomic E-state index is 13.8. The fourth-order valence-corrected chi connectivity index (χ4v) is 4.47. The second-order valence-electron chi connectivity index (χ2n) is 7.89. The van der Waals surface area contributed by atoms with E-state index in [0.29, 0.717) is 6.54 Å². The smallest absolute Gasteiger partial charge is 0.349 e. The molecule has 2 aromatic heterocycles. The molecule has 3 heterocycles. The number of piperidine rings is 1. The van der Waals surface area contributed by atoms with Crippen LogP contribution >= 0.6 is 0 Å². The van der Waals surface area contributed by atoms with E-state index in [1.807, 2.05) is 0 Å². The van der Waals surface area contributed by atoms with Gasteiger partial charge in [0.25, 0.3) is 5.91 Å². The first kappa shape index (κ1) is 20.3. The number of carbonyl (C=O) groups excluding carboxylic acids is 1. The molecule has 1 aromatic carbocycles. The van der Waals surface area contributed by atoms with Crippen LogP contribution in [0.4, 0.5) is 23.5 Å². The van der Waals surface area contributed by atoms with Gasteiger partial charge in [0.05, 0.1) is 29.6 Å². The van der Waals surface area contributed by atoms with Crippen molar-refractivity contribution in [3.63, 3.8) is 0 Å². The summed E-state index contributed by atoms with van der Waals surface area (Å²) in [5, 5.41) is 11.1. The van der Waals surface area contributed by atoms with Gasteiger partial charge < -0.3 is 10.2 Å². The molecule has 1 N–H and O–H groups in total. The molecular weight excluding hydrogens is 430 g/mol. The molecule has 2 aliphatic rings. The third kappa shape index (κ3) is 3.65. The van der Waals surface area contributed by atoms with Crippen LogP contribution in [0, 0.1) is 11.7 Å². The topological polar surface area (TPSA) is 88.8 Å². The Hall–Kier alpha value is -3.57. The third-order valence-electron chi connectivity index (χ3n) is 5.86. The van der Waals surface area contributed by atoms with Crippen LogP contribution in [0.1, 0.15) is 28.8 Å². The van der Waals surface area contributed by atoms with Gasteiger partial charge in [-0.05, 0) is 30.9 Å². The maximum Gasteiger partial charge on any atom is 0.419 e. The van der Waals surface area contributed by atoms with E-state index < -0.39 is 17.6 Å². The van der Waals surface area contributed by atoms with Gasteiger partial charge in [0.1, 0.15) is 11.5 Å². The van der Waals surface area contributed by atoms with Crippen LogP contribution in [-0.4, -0.2) is 54.4 Å². The molecule has 1 saturated carbocycles. The summed E-state index contributed by atoms with van der Waals surface area (Å²) >= 11 is 0. The second-order valence-corrected chi connectivity index (χ2v) is 7.89. The summed E-state index contributed by atoms with van der Waals surface area (Å²) in [5.41, 5.74) is -0.429. The molecule has 1 aliphatic heterocycles. The molecule has 8 nitrogen and oxygen atoms in total. The van der Waals surface area contributed by atoms with Gasteiger partial charge in [0, 0.05) is 31.0 Å². The number of fused-ring (bicyclic) bond motifs is 2. The van der Waals surface area contributed by atoms with Gasteiger partial charge in [0.15, 0.2) is 0 Å². The standard InChI is InChI=1S/C20H17F4N7O/c21-13-1-2-14(16(7-13)31-27-3-4-28-31)18(32)30-10-11-5-15(17(30)6-11)29-19-25-8-12(9-26-19)20(22,23)24/h1-4,7-9,11,15,17H,5-6,10H2,(H,25,26,29). The Morgan fingerprint density at radius 3 is 2.47 bits per heavy atom. The molecule has 3 aromatic rings. The molecule has 32 heavy (non-hydrogen) atoms. The average molecular weight is 447 g/mol. The Morgan fingerprint density at radius 1 is 1.09 bits per heavy atom. The maximum absolute atomic E-state index is 13.8. The number of nitrogens with zero attached hydrogens (tertiary/aromatic N) is 6. The van der Waals surface area contributed by atoms with Crippen LogP contribution in [0.15, 0.2) is 43.0 Å². The van der Waals surface area contributed by atoms with Crippen LogP contribution in [-0.2, 0) is 6.18 Å². The lowest BCUT2D eigenvalue weighted by Crippen LogP contribution is -2.48. The van der Waals surface area contributed by atoms with Crippen LogP contribution in [0.25, 0.3) is 5.69 Å². The summed E-state index contributed by atoms with van der Waals surface area (Å²) in [7, 11) is 0. The molecule has 0 spiro atoms. The number of anilines is 1. The van der Waals surface area contributed by atoms with E-state index in [9.17, 15) is 22.4 Å². The summed E-state index contributed by atoms with van der Waals surface area (Å²) < 4.78 is 52.0. The van der Waals surface area contributed by atoms with Crippen molar-refractivity contribution in [2.24, 2.45) is 5.92 Å². The molecule has 2 fully saturated rings. The molecule has 166 valence electrons. The summed E-state index contributed by atoms with van der Waals surface area (Å²) in [6.07, 6.45) is 1.31. The first-order valence-corrected chi connectivity index (χ1v) is 9.92. The fraction of sp³-hybridized carbons (Fsp3) is 0.350. The number of halogens is 4. The van der Waals surface area contributed by atoms with Crippen molar-refractivity contribution in [2.75, 3.05) is 11.9 Å². The summed E-state index contributed by atoms with van der Waals surface area (Å²) in [4.78, 5) is 23.8. The molecule has 12 heteroatoms. The normalized spacial score (nSPS) is 22.4. The van der Waals surface area contributed by atoms with Crippen molar-refractivity contribution in [1.82, 2.24) is 29.9 Å². The molecule has 3 unspecified atom stereocenters. The lowest BCUT2D eigenvalue weighted by molar-refractivity contribution is -0.138. The molecule has 1 aliphatic carbocycles. The summed E-state index contributed by atoms with van der Waals surface area (Å²) in [6, 6.07) is 3.42. The van der Waals surface area contributed by atoms with Crippen molar-refractivity contribution in [3.05, 3.63) is 59.9 Å². The molecule has 1 amide bonds. The third-order valence-corrected chi connectivity index (χ3v) is 5.86. The van der Waals surface area contributed by atoms with Crippen molar-refractivity contribution in [3.8, 4) is 5.69 Å². The molecule has 2 bridgehead atoms. The number of likely N-dealkylation sites (tertiary alicyclic amines) is 1. The number of rotatable bonds is 4. The van der Waals surface area contributed by atoms with E-state index >= 15 is 0 Å². The van der Waals surface area contributed by atoms with Gasteiger partial charge >= 0.3 is 6.18 Å². The predicted octanol–water partition coefficient (Wildman–Crippen LogP) is 2.93. The highest BCUT2D eigenvalue weighted by Gasteiger charge is 2.47. The Morgan fingerprint density at radius 2 is 1.81 bits per heavy atom. The largest absolute Gasteiger partial charge is 0.419 e. The Bertz CT molecular complexity index is 1130. The summed E-state index contributed by atoms with van der Waals surface area (Å²) in [6.45, 7) is 0.541. The SMILES string of the molecule is O=C(c1ccc(F)cc1-n1nccn1)N1CC2CC(Nc3ncc(C(F)(F)F)cn3)C1C2. The van der Waals surface area contributed by atoms with Gasteiger partial charge in [-0.25, -0.2) is 14.4 Å². The van der Waals surface area contributed by atoms with Crippen molar-refractivity contribution >= 4 is 11.9 Å². The average Bonchev–Trinajstić information content (AvgIpc) is 3.50. The Labute approximate surface area is 179 Å². The van der Waals surface area contributed by atoms with E-state index in [4.69, 9.17) is 0 Å². The molecular formula is C20H17F4N7O. The van der Waals surface area contributed by atoms with E-state index in [-0.39, 0.29) is 41.1 Å². The highest BCUT2D eigenvalue weighted by atomic mass is 19.4. The van der Waals surface area contributed by atoms with Crippen LogP contribution in [0.3, 0.4) is 0 Å². The van der Waals surface area contributed by atoms with Crippen LogP contribution in [0.5, 0.6) is 0 Å². The number of aromatic nitrogens is 5. The minimum atomic E-state index is -4.51. The van der Waals surface area contributed by atoms with Gasteiger partial charge in [-0.1, -0.05) is 0 Å². The number of alkyl halides is 3. The van der Waals surface area contributed by atoms with Gasteiger partial charge in [-0.2, -0.15) is 28.2 Å². The first-order chi connectivity index (χ1) is 15.3. The summed E-state index contributed by atoms with van der Waals surface area (Å²) in [5.74, 6) is -0.491. The Balaban J connectivity index is 1.36. The number of amides is 1. The lowest BCUT2D eigenvalue weighted by atomic mass is 10.0. The second kappa shape index (κ2) is 7.53. The molecule has 3 atom stereocenters. The number of nitrogens with one attached hydrogen (secondary N) is 1. The minimum Gasteiger partial charge on any atom is -0.349 e. The van der Waals surface area contributed by atoms with Crippen molar-refractivity contribution in [2.45, 2.75) is 31.1 Å². The number of carbonyl (C=O) groups is 1. The van der Waals surface area contributed by atoms with Gasteiger partial charge in [-0.3, -0.25) is 4.79 Å². The van der Waals surface area contributed by atoms with E-state index in [0.717, 1.165) is 25.2 Å². The minimum absolute atomic E-state index is 0.0751. The molecule has 1 saturated heterocycles. The quantitative estimate of drug-likeness (QED) is 0.619. The zero-order valence-corrected chi connectivity index (χ0v) is 16.5. The van der Waals surface area contributed by atoms with Crippen molar-refractivity contribution in [1.29, 1.82) is 0 Å². The predicted molar refractivity (Wildman–Crippen MR) is 103 cm³/mol. The number of hydrogen-bond donors (Lipinski definition) is 1. The van der Waals surface area contributed by atoms with Crippen LogP contribution in [0.2, 0.25) is 0 Å². The highest BCUT2D eigenvalue weighted by molar-refractivity contribution is 5.98. The lowest BCUT2D eigenvalue weighted by Gasteiger charge is -2.34. The van der Waals surface area contributed by atoms with Crippen molar-refractivity contribution < 1.29 is 22.4 Å². The molecule has 5 rings (SSSR count). The first-order valence-electron chi connectivity index (χ1n) is 9.92. The highest BCUT2D eigenvalue weighted by Crippen LogP contribution is 2.40.